The number of rotatable bonds is 7. The summed E-state index contributed by atoms with van der Waals surface area (Å²) in [7, 11) is 1.66. The molecule has 0 spiro atoms. The van der Waals surface area contributed by atoms with E-state index in [1.165, 1.54) is 18.4 Å². The van der Waals surface area contributed by atoms with E-state index in [0.29, 0.717) is 13.0 Å². The summed E-state index contributed by atoms with van der Waals surface area (Å²) in [5.41, 5.74) is 1.22. The Morgan fingerprint density at radius 2 is 2.00 bits per heavy atom. The maximum Gasteiger partial charge on any atom is 0.220 e. The highest BCUT2D eigenvalue weighted by molar-refractivity contribution is 5.75. The molecule has 0 radical (unpaired) electrons. The van der Waals surface area contributed by atoms with E-state index in [1.54, 1.807) is 7.11 Å². The van der Waals surface area contributed by atoms with Crippen LogP contribution in [-0.2, 0) is 11.2 Å². The smallest absolute Gasteiger partial charge is 0.220 e. The van der Waals surface area contributed by atoms with E-state index in [-0.39, 0.29) is 5.91 Å². The number of amides is 1. The third-order valence-corrected chi connectivity index (χ3v) is 4.13. The van der Waals surface area contributed by atoms with Gasteiger partial charge >= 0.3 is 0 Å². The van der Waals surface area contributed by atoms with Crippen LogP contribution in [0.5, 0.6) is 5.75 Å². The Morgan fingerprint density at radius 3 is 2.67 bits per heavy atom. The van der Waals surface area contributed by atoms with Crippen LogP contribution in [0.4, 0.5) is 0 Å². The summed E-state index contributed by atoms with van der Waals surface area (Å²) in [4.78, 5) is 11.8. The lowest BCUT2D eigenvalue weighted by Gasteiger charge is -2.22. The molecule has 1 aromatic carbocycles. The first-order valence-electron chi connectivity index (χ1n) is 7.88. The molecule has 0 aliphatic carbocycles. The Kier molecular flexibility index (Phi) is 6.54. The zero-order valence-corrected chi connectivity index (χ0v) is 12.9. The van der Waals surface area contributed by atoms with Gasteiger partial charge in [-0.2, -0.15) is 0 Å². The van der Waals surface area contributed by atoms with Gasteiger partial charge in [0.1, 0.15) is 5.75 Å². The van der Waals surface area contributed by atoms with E-state index in [2.05, 4.69) is 10.6 Å². The van der Waals surface area contributed by atoms with Crippen molar-refractivity contribution in [2.24, 2.45) is 5.92 Å². The van der Waals surface area contributed by atoms with Crippen molar-refractivity contribution < 1.29 is 9.53 Å². The van der Waals surface area contributed by atoms with Crippen LogP contribution in [0.3, 0.4) is 0 Å². The number of carbonyl (C=O) groups excluding carboxylic acids is 1. The lowest BCUT2D eigenvalue weighted by Crippen LogP contribution is -2.30. The fourth-order valence-electron chi connectivity index (χ4n) is 2.73. The van der Waals surface area contributed by atoms with Gasteiger partial charge in [-0.25, -0.2) is 0 Å². The third-order valence-electron chi connectivity index (χ3n) is 4.13. The Hall–Kier alpha value is -1.55. The van der Waals surface area contributed by atoms with Crippen molar-refractivity contribution >= 4 is 5.91 Å². The molecule has 0 aromatic heterocycles. The van der Waals surface area contributed by atoms with E-state index in [0.717, 1.165) is 37.6 Å². The molecule has 2 rings (SSSR count). The highest BCUT2D eigenvalue weighted by Gasteiger charge is 2.14. The number of hydrogen-bond donors (Lipinski definition) is 2. The van der Waals surface area contributed by atoms with Crippen LogP contribution in [0.15, 0.2) is 24.3 Å². The lowest BCUT2D eigenvalue weighted by molar-refractivity contribution is -0.121. The molecule has 0 unspecified atom stereocenters. The van der Waals surface area contributed by atoms with Crippen LogP contribution in [0.2, 0.25) is 0 Å². The largest absolute Gasteiger partial charge is 0.497 e. The lowest BCUT2D eigenvalue weighted by atomic mass is 9.93. The Labute approximate surface area is 127 Å². The minimum atomic E-state index is 0.182. The number of nitrogens with one attached hydrogen (secondary N) is 2. The molecule has 1 aliphatic heterocycles. The predicted molar refractivity (Wildman–Crippen MR) is 84.5 cm³/mol. The Balaban J connectivity index is 1.59. The summed E-state index contributed by atoms with van der Waals surface area (Å²) in [6.45, 7) is 2.91. The normalized spacial score (nSPS) is 15.7. The quantitative estimate of drug-likeness (QED) is 0.809. The van der Waals surface area contributed by atoms with Gasteiger partial charge in [0.15, 0.2) is 0 Å². The van der Waals surface area contributed by atoms with Gasteiger partial charge in [0.2, 0.25) is 5.91 Å². The zero-order valence-electron chi connectivity index (χ0n) is 12.9. The minimum Gasteiger partial charge on any atom is -0.497 e. The van der Waals surface area contributed by atoms with Crippen molar-refractivity contribution in [2.45, 2.75) is 32.1 Å². The minimum absolute atomic E-state index is 0.182. The van der Waals surface area contributed by atoms with Crippen LogP contribution in [0.25, 0.3) is 0 Å². The maximum absolute atomic E-state index is 11.8. The van der Waals surface area contributed by atoms with Crippen LogP contribution >= 0.6 is 0 Å². The first kappa shape index (κ1) is 15.8. The van der Waals surface area contributed by atoms with Gasteiger partial charge in [0, 0.05) is 13.0 Å². The highest BCUT2D eigenvalue weighted by Crippen LogP contribution is 2.17. The van der Waals surface area contributed by atoms with Crippen molar-refractivity contribution in [3.8, 4) is 5.75 Å². The topological polar surface area (TPSA) is 50.4 Å². The molecule has 0 atom stereocenters. The molecule has 21 heavy (non-hydrogen) atoms. The van der Waals surface area contributed by atoms with Crippen LogP contribution in [-0.4, -0.2) is 32.7 Å². The Bertz CT molecular complexity index is 425. The van der Waals surface area contributed by atoms with Crippen molar-refractivity contribution in [3.63, 3.8) is 0 Å². The first-order chi connectivity index (χ1) is 10.3. The van der Waals surface area contributed by atoms with Gasteiger partial charge < -0.3 is 15.4 Å². The summed E-state index contributed by atoms with van der Waals surface area (Å²) in [6.07, 6.45) is 4.96. The van der Waals surface area contributed by atoms with Crippen molar-refractivity contribution in [1.29, 1.82) is 0 Å². The number of hydrogen-bond acceptors (Lipinski definition) is 3. The maximum atomic E-state index is 11.8. The summed E-state index contributed by atoms with van der Waals surface area (Å²) < 4.78 is 5.13. The molecule has 4 nitrogen and oxygen atoms in total. The average Bonchev–Trinajstić information content (AvgIpc) is 2.54. The monoisotopic (exact) mass is 290 g/mol. The second-order valence-corrected chi connectivity index (χ2v) is 5.68. The molecule has 116 valence electrons. The molecule has 1 aromatic rings. The first-order valence-corrected chi connectivity index (χ1v) is 7.88. The van der Waals surface area contributed by atoms with Gasteiger partial charge in [-0.05, 0) is 62.4 Å². The van der Waals surface area contributed by atoms with Crippen LogP contribution < -0.4 is 15.4 Å². The SMILES string of the molecule is COc1ccc(CCNC(=O)CCC2CCNCC2)cc1. The number of benzene rings is 1. The molecule has 1 aliphatic rings. The van der Waals surface area contributed by atoms with E-state index >= 15 is 0 Å². The molecular weight excluding hydrogens is 264 g/mol. The Morgan fingerprint density at radius 1 is 1.29 bits per heavy atom. The summed E-state index contributed by atoms with van der Waals surface area (Å²) in [5, 5.41) is 6.37. The van der Waals surface area contributed by atoms with Crippen molar-refractivity contribution in [2.75, 3.05) is 26.7 Å². The molecule has 0 saturated carbocycles. The molecule has 1 heterocycles. The molecular formula is C17H26N2O2. The molecule has 2 N–H and O–H groups in total. The molecule has 1 saturated heterocycles. The summed E-state index contributed by atoms with van der Waals surface area (Å²) in [5.74, 6) is 1.77. The second kappa shape index (κ2) is 8.67. The van der Waals surface area contributed by atoms with E-state index in [4.69, 9.17) is 4.74 Å². The van der Waals surface area contributed by atoms with Gasteiger partial charge in [0.05, 0.1) is 7.11 Å². The van der Waals surface area contributed by atoms with Gasteiger partial charge in [-0.15, -0.1) is 0 Å². The van der Waals surface area contributed by atoms with Gasteiger partial charge in [0.25, 0.3) is 0 Å². The van der Waals surface area contributed by atoms with E-state index in [1.807, 2.05) is 24.3 Å². The van der Waals surface area contributed by atoms with Gasteiger partial charge in [-0.3, -0.25) is 4.79 Å². The number of piperidine rings is 1. The number of carbonyl (C=O) groups is 1. The number of methoxy groups -OCH3 is 1. The number of ether oxygens (including phenoxy) is 1. The third kappa shape index (κ3) is 5.76. The molecule has 4 heteroatoms. The second-order valence-electron chi connectivity index (χ2n) is 5.68. The summed E-state index contributed by atoms with van der Waals surface area (Å²) in [6, 6.07) is 7.99. The van der Waals surface area contributed by atoms with E-state index < -0.39 is 0 Å². The van der Waals surface area contributed by atoms with E-state index in [9.17, 15) is 4.79 Å². The fourth-order valence-corrected chi connectivity index (χ4v) is 2.73. The van der Waals surface area contributed by atoms with Crippen LogP contribution in [0, 0.1) is 5.92 Å². The van der Waals surface area contributed by atoms with Crippen molar-refractivity contribution in [3.05, 3.63) is 29.8 Å². The molecule has 0 bridgehead atoms. The van der Waals surface area contributed by atoms with Gasteiger partial charge in [-0.1, -0.05) is 12.1 Å². The highest BCUT2D eigenvalue weighted by atomic mass is 16.5. The predicted octanol–water partition coefficient (Wildman–Crippen LogP) is 2.13. The summed E-state index contributed by atoms with van der Waals surface area (Å²) >= 11 is 0. The molecule has 1 amide bonds. The average molecular weight is 290 g/mol. The fraction of sp³-hybridized carbons (Fsp3) is 0.588. The standard InChI is InChI=1S/C17H26N2O2/c1-21-16-5-2-14(3-6-16)10-13-19-17(20)7-4-15-8-11-18-12-9-15/h2-3,5-6,15,18H,4,7-13H2,1H3,(H,19,20). The zero-order chi connectivity index (χ0) is 14.9. The molecule has 1 fully saturated rings. The van der Waals surface area contributed by atoms with Crippen LogP contribution in [0.1, 0.15) is 31.2 Å². The van der Waals surface area contributed by atoms with Crippen molar-refractivity contribution in [1.82, 2.24) is 10.6 Å².